The van der Waals surface area contributed by atoms with Crippen LogP contribution in [0.4, 0.5) is 0 Å². The van der Waals surface area contributed by atoms with Crippen molar-refractivity contribution >= 4 is 21.8 Å². The van der Waals surface area contributed by atoms with Crippen LogP contribution in [-0.2, 0) is 11.2 Å². The fraction of sp³-hybridized carbons (Fsp3) is 0.417. The van der Waals surface area contributed by atoms with Crippen molar-refractivity contribution in [2.45, 2.75) is 25.0 Å². The van der Waals surface area contributed by atoms with E-state index in [9.17, 15) is 9.90 Å². The van der Waals surface area contributed by atoms with Gasteiger partial charge < -0.3 is 10.4 Å². The highest BCUT2D eigenvalue weighted by Crippen LogP contribution is 2.31. The predicted octanol–water partition coefficient (Wildman–Crippen LogP) is 1.55. The normalized spacial score (nSPS) is 22.9. The first-order valence-corrected chi connectivity index (χ1v) is 6.45. The summed E-state index contributed by atoms with van der Waals surface area (Å²) in [6.45, 7) is 0. The highest BCUT2D eigenvalue weighted by atomic mass is 79.9. The Labute approximate surface area is 103 Å². The summed E-state index contributed by atoms with van der Waals surface area (Å²) in [5.41, 5.74) is 2.16. The smallest absolute Gasteiger partial charge is 0.221 e. The van der Waals surface area contributed by atoms with Crippen molar-refractivity contribution in [3.63, 3.8) is 0 Å². The molecular weight excluding hydrogens is 270 g/mol. The molecule has 0 radical (unpaired) electrons. The number of aliphatic hydroxyl groups is 1. The van der Waals surface area contributed by atoms with Crippen molar-refractivity contribution in [3.05, 3.63) is 35.4 Å². The number of benzene rings is 1. The van der Waals surface area contributed by atoms with E-state index in [0.717, 1.165) is 11.1 Å². The van der Waals surface area contributed by atoms with Crippen LogP contribution in [0.3, 0.4) is 0 Å². The average molecular weight is 284 g/mol. The van der Waals surface area contributed by atoms with Gasteiger partial charge in [0.05, 0.1) is 12.1 Å². The van der Waals surface area contributed by atoms with E-state index < -0.39 is 6.10 Å². The van der Waals surface area contributed by atoms with Gasteiger partial charge >= 0.3 is 0 Å². The molecule has 4 heteroatoms. The van der Waals surface area contributed by atoms with E-state index in [0.29, 0.717) is 18.2 Å². The summed E-state index contributed by atoms with van der Waals surface area (Å²) in [7, 11) is 0. The van der Waals surface area contributed by atoms with Crippen LogP contribution in [0.5, 0.6) is 0 Å². The predicted molar refractivity (Wildman–Crippen MR) is 65.4 cm³/mol. The van der Waals surface area contributed by atoms with Crippen molar-refractivity contribution < 1.29 is 9.90 Å². The van der Waals surface area contributed by atoms with Gasteiger partial charge in [-0.3, -0.25) is 4.79 Å². The number of amides is 1. The maximum Gasteiger partial charge on any atom is 0.221 e. The highest BCUT2D eigenvalue weighted by Gasteiger charge is 2.31. The van der Waals surface area contributed by atoms with Crippen molar-refractivity contribution in [2.75, 3.05) is 5.33 Å². The minimum absolute atomic E-state index is 0.0300. The molecule has 1 aromatic carbocycles. The summed E-state index contributed by atoms with van der Waals surface area (Å²) in [5, 5.41) is 13.4. The second-order valence-corrected chi connectivity index (χ2v) is 4.75. The third-order valence-corrected chi connectivity index (χ3v) is 3.24. The van der Waals surface area contributed by atoms with Crippen LogP contribution >= 0.6 is 15.9 Å². The lowest BCUT2D eigenvalue weighted by Gasteiger charge is -2.17. The Morgan fingerprint density at radius 3 is 3.00 bits per heavy atom. The third kappa shape index (κ3) is 2.28. The molecule has 2 N–H and O–H groups in total. The number of carbonyl (C=O) groups is 1. The Hall–Kier alpha value is -0.870. The average Bonchev–Trinajstić information content (AvgIpc) is 2.56. The van der Waals surface area contributed by atoms with E-state index in [1.807, 2.05) is 24.3 Å². The van der Waals surface area contributed by atoms with E-state index in [2.05, 4.69) is 21.2 Å². The number of fused-ring (bicyclic) bond motifs is 1. The maximum atomic E-state index is 11.5. The summed E-state index contributed by atoms with van der Waals surface area (Å²) in [4.78, 5) is 11.5. The van der Waals surface area contributed by atoms with Crippen molar-refractivity contribution in [3.8, 4) is 0 Å². The summed E-state index contributed by atoms with van der Waals surface area (Å²) < 4.78 is 0. The van der Waals surface area contributed by atoms with E-state index in [-0.39, 0.29) is 11.9 Å². The van der Waals surface area contributed by atoms with Crippen LogP contribution in [0.25, 0.3) is 0 Å². The van der Waals surface area contributed by atoms with Gasteiger partial charge in [0.2, 0.25) is 5.91 Å². The zero-order valence-corrected chi connectivity index (χ0v) is 10.4. The van der Waals surface area contributed by atoms with Crippen LogP contribution < -0.4 is 5.32 Å². The number of carbonyl (C=O) groups excluding carboxylic acids is 1. The first kappa shape index (κ1) is 11.6. The second kappa shape index (κ2) is 4.97. The van der Waals surface area contributed by atoms with Gasteiger partial charge in [-0.1, -0.05) is 40.2 Å². The van der Waals surface area contributed by atoms with Gasteiger partial charge in [-0.15, -0.1) is 0 Å². The molecule has 86 valence electrons. The van der Waals surface area contributed by atoms with Gasteiger partial charge in [0.15, 0.2) is 0 Å². The van der Waals surface area contributed by atoms with Gasteiger partial charge in [-0.05, 0) is 11.1 Å². The molecule has 0 aromatic heterocycles. The number of halogens is 1. The number of aliphatic hydroxyl groups excluding tert-OH is 1. The first-order valence-electron chi connectivity index (χ1n) is 5.33. The van der Waals surface area contributed by atoms with E-state index in [1.165, 1.54) is 0 Å². The quantitative estimate of drug-likeness (QED) is 0.827. The molecule has 0 unspecified atom stereocenters. The van der Waals surface area contributed by atoms with E-state index >= 15 is 0 Å². The molecule has 0 saturated carbocycles. The Morgan fingerprint density at radius 2 is 2.25 bits per heavy atom. The number of nitrogens with one attached hydrogen (secondary N) is 1. The number of hydrogen-bond donors (Lipinski definition) is 2. The fourth-order valence-corrected chi connectivity index (χ4v) is 2.44. The lowest BCUT2D eigenvalue weighted by atomic mass is 10.1. The summed E-state index contributed by atoms with van der Waals surface area (Å²) in [6.07, 6.45) is 0.553. The maximum absolute atomic E-state index is 11.5. The summed E-state index contributed by atoms with van der Waals surface area (Å²) in [5.74, 6) is -0.0300. The molecule has 1 aliphatic rings. The second-order valence-electron chi connectivity index (χ2n) is 3.95. The molecule has 0 bridgehead atoms. The molecular formula is C12H14BrNO2. The summed E-state index contributed by atoms with van der Waals surface area (Å²) in [6, 6.07) is 7.59. The van der Waals surface area contributed by atoms with Gasteiger partial charge in [-0.2, -0.15) is 0 Å². The molecule has 0 heterocycles. The Balaban J connectivity index is 2.13. The lowest BCUT2D eigenvalue weighted by Crippen LogP contribution is -2.33. The fourth-order valence-electron chi connectivity index (χ4n) is 2.08. The number of rotatable bonds is 3. The van der Waals surface area contributed by atoms with Crippen molar-refractivity contribution in [1.29, 1.82) is 0 Å². The van der Waals surface area contributed by atoms with Crippen molar-refractivity contribution in [1.82, 2.24) is 5.32 Å². The van der Waals surface area contributed by atoms with E-state index in [4.69, 9.17) is 0 Å². The minimum Gasteiger partial charge on any atom is -0.390 e. The highest BCUT2D eigenvalue weighted by molar-refractivity contribution is 9.09. The monoisotopic (exact) mass is 283 g/mol. The van der Waals surface area contributed by atoms with Crippen LogP contribution in [0.2, 0.25) is 0 Å². The zero-order chi connectivity index (χ0) is 11.5. The van der Waals surface area contributed by atoms with Crippen LogP contribution in [0.1, 0.15) is 23.6 Å². The molecule has 0 aliphatic heterocycles. The van der Waals surface area contributed by atoms with Crippen molar-refractivity contribution in [2.24, 2.45) is 0 Å². The number of alkyl halides is 1. The van der Waals surface area contributed by atoms with Crippen LogP contribution in [-0.4, -0.2) is 22.4 Å². The Kier molecular flexibility index (Phi) is 3.61. The molecule has 1 aliphatic carbocycles. The topological polar surface area (TPSA) is 49.3 Å². The first-order chi connectivity index (χ1) is 7.72. The lowest BCUT2D eigenvalue weighted by molar-refractivity contribution is -0.122. The van der Waals surface area contributed by atoms with Gasteiger partial charge in [0.25, 0.3) is 0 Å². The van der Waals surface area contributed by atoms with Crippen LogP contribution in [0.15, 0.2) is 24.3 Å². The molecule has 1 aromatic rings. The molecule has 2 rings (SSSR count). The Bertz CT molecular complexity index is 394. The van der Waals surface area contributed by atoms with E-state index in [1.54, 1.807) is 0 Å². The van der Waals surface area contributed by atoms with Gasteiger partial charge in [0.1, 0.15) is 0 Å². The van der Waals surface area contributed by atoms with Gasteiger partial charge in [0, 0.05) is 18.2 Å². The molecule has 0 saturated heterocycles. The van der Waals surface area contributed by atoms with Crippen LogP contribution in [0, 0.1) is 0 Å². The molecule has 3 nitrogen and oxygen atoms in total. The molecule has 0 spiro atoms. The largest absolute Gasteiger partial charge is 0.390 e. The standard InChI is InChI=1S/C12H14BrNO2/c13-6-5-11(16)14-12-9-4-2-1-3-8(9)7-10(12)15/h1-4,10,12,15H,5-7H2,(H,14,16)/t10-,12+/m0/s1. The third-order valence-electron chi connectivity index (χ3n) is 2.84. The molecule has 2 atom stereocenters. The Morgan fingerprint density at radius 1 is 1.50 bits per heavy atom. The molecule has 0 fully saturated rings. The minimum atomic E-state index is -0.503. The molecule has 1 amide bonds. The SMILES string of the molecule is O=C(CCBr)N[C@@H]1c2ccccc2C[C@@H]1O. The number of hydrogen-bond acceptors (Lipinski definition) is 2. The summed E-state index contributed by atoms with van der Waals surface area (Å²) >= 11 is 3.22. The molecule has 16 heavy (non-hydrogen) atoms. The zero-order valence-electron chi connectivity index (χ0n) is 8.82. The van der Waals surface area contributed by atoms with Gasteiger partial charge in [-0.25, -0.2) is 0 Å².